The zero-order valence-corrected chi connectivity index (χ0v) is 20.1. The van der Waals surface area contributed by atoms with Crippen molar-refractivity contribution in [1.29, 1.82) is 0 Å². The molecule has 0 aliphatic carbocycles. The van der Waals surface area contributed by atoms with Gasteiger partial charge in [0, 0.05) is 24.4 Å². The molecule has 2 amide bonds. The Morgan fingerprint density at radius 3 is 2.45 bits per heavy atom. The van der Waals surface area contributed by atoms with Gasteiger partial charge in [-0.3, -0.25) is 9.59 Å². The van der Waals surface area contributed by atoms with Crippen molar-refractivity contribution in [1.82, 2.24) is 14.7 Å². The fraction of sp³-hybridized carbons (Fsp3) is 0.542. The molecule has 0 atom stereocenters. The van der Waals surface area contributed by atoms with Gasteiger partial charge in [-0.05, 0) is 25.0 Å². The van der Waals surface area contributed by atoms with Crippen LogP contribution in [0, 0.1) is 0 Å². The summed E-state index contributed by atoms with van der Waals surface area (Å²) in [5.74, 6) is 0.323. The van der Waals surface area contributed by atoms with Gasteiger partial charge in [0.15, 0.2) is 0 Å². The minimum atomic E-state index is -0.244. The van der Waals surface area contributed by atoms with E-state index in [1.807, 2.05) is 31.2 Å². The van der Waals surface area contributed by atoms with E-state index in [1.165, 1.54) is 0 Å². The minimum Gasteiger partial charge on any atom is -0.333 e. The number of nitrogens with zero attached hydrogens (tertiary/aromatic N) is 3. The summed E-state index contributed by atoms with van der Waals surface area (Å²) < 4.78 is 1.66. The first-order valence-corrected chi connectivity index (χ1v) is 11.5. The number of aromatic nitrogens is 2. The molecule has 6 nitrogen and oxygen atoms in total. The number of rotatable bonds is 10. The van der Waals surface area contributed by atoms with E-state index < -0.39 is 0 Å². The second-order valence-corrected chi connectivity index (χ2v) is 9.26. The molecule has 1 heterocycles. The fourth-order valence-electron chi connectivity index (χ4n) is 3.25. The van der Waals surface area contributed by atoms with Crippen LogP contribution in [0.4, 0.5) is 5.82 Å². The summed E-state index contributed by atoms with van der Waals surface area (Å²) in [6.45, 7) is 10.9. The zero-order chi connectivity index (χ0) is 23.0. The molecule has 0 aliphatic heterocycles. The third-order valence-electron chi connectivity index (χ3n) is 5.00. The maximum atomic E-state index is 12.9. The van der Waals surface area contributed by atoms with Crippen molar-refractivity contribution in [2.45, 2.75) is 72.1 Å². The van der Waals surface area contributed by atoms with E-state index in [2.05, 4.69) is 33.0 Å². The number of anilines is 1. The maximum Gasteiger partial charge on any atom is 0.245 e. The molecule has 7 heteroatoms. The largest absolute Gasteiger partial charge is 0.333 e. The molecule has 1 N–H and O–H groups in total. The first-order valence-electron chi connectivity index (χ1n) is 11.1. The van der Waals surface area contributed by atoms with Crippen molar-refractivity contribution in [2.75, 3.05) is 18.4 Å². The van der Waals surface area contributed by atoms with Gasteiger partial charge in [0.05, 0.1) is 22.9 Å². The van der Waals surface area contributed by atoms with Crippen LogP contribution in [0.25, 0.3) is 5.69 Å². The van der Waals surface area contributed by atoms with Crippen LogP contribution in [0.1, 0.15) is 72.4 Å². The number of para-hydroxylation sites is 1. The van der Waals surface area contributed by atoms with E-state index >= 15 is 0 Å². The highest BCUT2D eigenvalue weighted by Gasteiger charge is 2.23. The van der Waals surface area contributed by atoms with Gasteiger partial charge in [0.1, 0.15) is 5.82 Å². The van der Waals surface area contributed by atoms with Gasteiger partial charge in [-0.1, -0.05) is 71.2 Å². The smallest absolute Gasteiger partial charge is 0.245 e. The van der Waals surface area contributed by atoms with Crippen LogP contribution in [-0.2, 0) is 15.0 Å². The molecule has 0 spiro atoms. The van der Waals surface area contributed by atoms with Gasteiger partial charge in [-0.15, -0.1) is 0 Å². The van der Waals surface area contributed by atoms with E-state index in [1.54, 1.807) is 15.6 Å². The number of nitrogens with one attached hydrogen (secondary N) is 1. The number of amides is 2. The molecule has 0 bridgehead atoms. The van der Waals surface area contributed by atoms with Crippen molar-refractivity contribution in [3.8, 4) is 5.69 Å². The summed E-state index contributed by atoms with van der Waals surface area (Å²) in [5.41, 5.74) is 1.33. The second-order valence-electron chi connectivity index (χ2n) is 8.85. The molecule has 2 aromatic rings. The SMILES string of the molecule is CCCCCC(=O)N(CCC)CC(=O)Nc1cc(C(C)(C)C)nn1-c1ccccc1Cl. The van der Waals surface area contributed by atoms with Crippen LogP contribution in [0.3, 0.4) is 0 Å². The highest BCUT2D eigenvalue weighted by Crippen LogP contribution is 2.29. The summed E-state index contributed by atoms with van der Waals surface area (Å²) in [6.07, 6.45) is 4.21. The third-order valence-corrected chi connectivity index (χ3v) is 5.32. The normalized spacial score (nSPS) is 11.4. The Hall–Kier alpha value is -2.34. The third kappa shape index (κ3) is 7.10. The molecule has 0 unspecified atom stereocenters. The molecule has 170 valence electrons. The lowest BCUT2D eigenvalue weighted by molar-refractivity contribution is -0.134. The topological polar surface area (TPSA) is 67.2 Å². The molecule has 1 aromatic carbocycles. The minimum absolute atomic E-state index is 0.0252. The lowest BCUT2D eigenvalue weighted by Crippen LogP contribution is -2.38. The van der Waals surface area contributed by atoms with Gasteiger partial charge >= 0.3 is 0 Å². The molecular weight excluding hydrogens is 412 g/mol. The molecule has 1 aromatic heterocycles. The Labute approximate surface area is 191 Å². The summed E-state index contributed by atoms with van der Waals surface area (Å²) in [7, 11) is 0. The lowest BCUT2D eigenvalue weighted by atomic mass is 9.92. The molecule has 0 radical (unpaired) electrons. The summed E-state index contributed by atoms with van der Waals surface area (Å²) in [4.78, 5) is 27.1. The summed E-state index contributed by atoms with van der Waals surface area (Å²) in [6, 6.07) is 9.25. The van der Waals surface area contributed by atoms with Gasteiger partial charge in [-0.25, -0.2) is 4.68 Å². The Morgan fingerprint density at radius 2 is 1.84 bits per heavy atom. The predicted octanol–water partition coefficient (Wildman–Crippen LogP) is 5.58. The number of carbonyl (C=O) groups is 2. The van der Waals surface area contributed by atoms with Crippen molar-refractivity contribution >= 4 is 29.2 Å². The molecule has 0 fully saturated rings. The average Bonchev–Trinajstić information content (AvgIpc) is 3.12. The van der Waals surface area contributed by atoms with E-state index in [9.17, 15) is 9.59 Å². The van der Waals surface area contributed by atoms with E-state index in [0.29, 0.717) is 29.5 Å². The predicted molar refractivity (Wildman–Crippen MR) is 127 cm³/mol. The van der Waals surface area contributed by atoms with E-state index in [4.69, 9.17) is 16.7 Å². The maximum absolute atomic E-state index is 12.9. The Morgan fingerprint density at radius 1 is 1.13 bits per heavy atom. The van der Waals surface area contributed by atoms with Crippen molar-refractivity contribution in [3.05, 3.63) is 41.0 Å². The van der Waals surface area contributed by atoms with Gasteiger partial charge in [0.25, 0.3) is 0 Å². The number of halogens is 1. The Bertz CT molecular complexity index is 886. The standard InChI is InChI=1S/C24H35ClN4O2/c1-6-8-9-14-23(31)28(15-7-2)17-22(30)26-21-16-20(24(3,4)5)27-29(21)19-13-11-10-12-18(19)25/h10-13,16H,6-9,14-15,17H2,1-5H3,(H,26,30). The molecule has 2 rings (SSSR count). The van der Waals surface area contributed by atoms with E-state index in [-0.39, 0.29) is 23.8 Å². The first kappa shape index (κ1) is 24.9. The zero-order valence-electron chi connectivity index (χ0n) is 19.4. The van der Waals surface area contributed by atoms with Crippen molar-refractivity contribution in [3.63, 3.8) is 0 Å². The van der Waals surface area contributed by atoms with Crippen molar-refractivity contribution in [2.24, 2.45) is 0 Å². The number of hydrogen-bond donors (Lipinski definition) is 1. The highest BCUT2D eigenvalue weighted by atomic mass is 35.5. The fourth-order valence-corrected chi connectivity index (χ4v) is 3.46. The van der Waals surface area contributed by atoms with Gasteiger partial charge < -0.3 is 10.2 Å². The molecule has 0 aliphatic rings. The van der Waals surface area contributed by atoms with Crippen LogP contribution in [0.15, 0.2) is 30.3 Å². The molecule has 0 saturated heterocycles. The first-order chi connectivity index (χ1) is 14.7. The average molecular weight is 447 g/mol. The molecule has 0 saturated carbocycles. The molecular formula is C24H35ClN4O2. The number of benzene rings is 1. The number of carbonyl (C=O) groups excluding carboxylic acids is 2. The van der Waals surface area contributed by atoms with Crippen LogP contribution < -0.4 is 5.32 Å². The van der Waals surface area contributed by atoms with Crippen molar-refractivity contribution < 1.29 is 9.59 Å². The quantitative estimate of drug-likeness (QED) is 0.484. The Kier molecular flexibility index (Phi) is 9.11. The highest BCUT2D eigenvalue weighted by molar-refractivity contribution is 6.32. The second kappa shape index (κ2) is 11.3. The van der Waals surface area contributed by atoms with Gasteiger partial charge in [0.2, 0.25) is 11.8 Å². The Balaban J connectivity index is 2.23. The monoisotopic (exact) mass is 446 g/mol. The van der Waals surface area contributed by atoms with Crippen LogP contribution in [0.2, 0.25) is 5.02 Å². The number of hydrogen-bond acceptors (Lipinski definition) is 3. The van der Waals surface area contributed by atoms with E-state index in [0.717, 1.165) is 31.4 Å². The summed E-state index contributed by atoms with van der Waals surface area (Å²) >= 11 is 6.39. The molecule has 31 heavy (non-hydrogen) atoms. The van der Waals surface area contributed by atoms with Crippen LogP contribution >= 0.6 is 11.6 Å². The van der Waals surface area contributed by atoms with Crippen LogP contribution in [-0.4, -0.2) is 39.6 Å². The number of unbranched alkanes of at least 4 members (excludes halogenated alkanes) is 2. The summed E-state index contributed by atoms with van der Waals surface area (Å²) in [5, 5.41) is 8.19. The lowest BCUT2D eigenvalue weighted by Gasteiger charge is -2.21. The van der Waals surface area contributed by atoms with Gasteiger partial charge in [-0.2, -0.15) is 5.10 Å². The van der Waals surface area contributed by atoms with Crippen LogP contribution in [0.5, 0.6) is 0 Å².